The second kappa shape index (κ2) is 9.10. The fourth-order valence-corrected chi connectivity index (χ4v) is 3.52. The Bertz CT molecular complexity index is 1030. The lowest BCUT2D eigenvalue weighted by molar-refractivity contribution is -0.274. The van der Waals surface area contributed by atoms with E-state index in [1.807, 2.05) is 6.07 Å². The van der Waals surface area contributed by atoms with Crippen molar-refractivity contribution >= 4 is 5.91 Å². The molecule has 1 heterocycles. The van der Waals surface area contributed by atoms with Gasteiger partial charge in [0.1, 0.15) is 11.5 Å². The van der Waals surface area contributed by atoms with Gasteiger partial charge in [-0.15, -0.1) is 13.2 Å². The Morgan fingerprint density at radius 1 is 1.39 bits per heavy atom. The van der Waals surface area contributed by atoms with Gasteiger partial charge in [-0.2, -0.15) is 5.26 Å². The topological polar surface area (TPSA) is 91.6 Å². The van der Waals surface area contributed by atoms with Crippen molar-refractivity contribution in [1.29, 1.82) is 5.26 Å². The van der Waals surface area contributed by atoms with Crippen LogP contribution in [0.5, 0.6) is 11.5 Å². The van der Waals surface area contributed by atoms with Crippen molar-refractivity contribution < 1.29 is 32.5 Å². The number of halogens is 3. The fraction of sp³-hybridized carbons (Fsp3) is 0.273. The van der Waals surface area contributed by atoms with Crippen LogP contribution in [-0.2, 0) is 17.8 Å². The standard InChI is InChI=1S/C22H19F3N2O4/c1-2-19(29)27-12-14-11-17(13-3-5-15(6-4-13)31-22(23,24)25)21-16(8-10-30-21)20(14)18(28)7-9-26/h2-6,11,18,28H,1,7-8,10,12H2,(H,27,29). The van der Waals surface area contributed by atoms with E-state index in [1.165, 1.54) is 24.3 Å². The molecule has 2 aromatic carbocycles. The number of nitrogens with zero attached hydrogens (tertiary/aromatic N) is 1. The SMILES string of the molecule is C=CC(=O)NCc1cc(-c2ccc(OC(F)(F)F)cc2)c2c(c1C(O)CC#N)CCO2. The predicted molar refractivity (Wildman–Crippen MR) is 105 cm³/mol. The van der Waals surface area contributed by atoms with Crippen LogP contribution >= 0.6 is 0 Å². The molecule has 0 spiro atoms. The predicted octanol–water partition coefficient (Wildman–Crippen LogP) is 3.94. The zero-order valence-electron chi connectivity index (χ0n) is 16.3. The summed E-state index contributed by atoms with van der Waals surface area (Å²) in [5, 5.41) is 22.2. The molecule has 162 valence electrons. The van der Waals surface area contributed by atoms with Gasteiger partial charge in [0.05, 0.1) is 25.2 Å². The Hall–Kier alpha value is -3.51. The number of nitrogens with one attached hydrogen (secondary N) is 1. The maximum Gasteiger partial charge on any atom is 0.573 e. The number of carbonyl (C=O) groups is 1. The number of hydrogen-bond acceptors (Lipinski definition) is 5. The van der Waals surface area contributed by atoms with Crippen LogP contribution in [0.4, 0.5) is 13.2 Å². The Morgan fingerprint density at radius 3 is 2.71 bits per heavy atom. The molecule has 0 fully saturated rings. The van der Waals surface area contributed by atoms with Crippen molar-refractivity contribution in [3.8, 4) is 28.7 Å². The summed E-state index contributed by atoms with van der Waals surface area (Å²) < 4.78 is 47.0. The van der Waals surface area contributed by atoms with Crippen LogP contribution in [0.25, 0.3) is 11.1 Å². The highest BCUT2D eigenvalue weighted by Gasteiger charge is 2.31. The molecule has 1 amide bonds. The van der Waals surface area contributed by atoms with E-state index in [9.17, 15) is 23.1 Å². The van der Waals surface area contributed by atoms with Crippen LogP contribution in [0.2, 0.25) is 0 Å². The van der Waals surface area contributed by atoms with Gasteiger partial charge in [0, 0.05) is 24.1 Å². The van der Waals surface area contributed by atoms with Crippen molar-refractivity contribution in [2.45, 2.75) is 31.9 Å². The van der Waals surface area contributed by atoms with E-state index in [0.29, 0.717) is 46.6 Å². The van der Waals surface area contributed by atoms with Crippen LogP contribution in [0, 0.1) is 11.3 Å². The molecular formula is C22H19F3N2O4. The first kappa shape index (κ1) is 22.2. The van der Waals surface area contributed by atoms with Crippen molar-refractivity contribution in [2.24, 2.45) is 0 Å². The molecule has 0 radical (unpaired) electrons. The van der Waals surface area contributed by atoms with Crippen LogP contribution in [0.1, 0.15) is 29.2 Å². The van der Waals surface area contributed by atoms with Gasteiger partial charge in [-0.3, -0.25) is 4.79 Å². The molecule has 0 saturated carbocycles. The molecule has 0 bridgehead atoms. The van der Waals surface area contributed by atoms with Gasteiger partial charge in [-0.25, -0.2) is 0 Å². The number of ether oxygens (including phenoxy) is 2. The maximum absolute atomic E-state index is 12.4. The minimum absolute atomic E-state index is 0.0677. The largest absolute Gasteiger partial charge is 0.573 e. The van der Waals surface area contributed by atoms with Crippen molar-refractivity contribution in [1.82, 2.24) is 5.32 Å². The smallest absolute Gasteiger partial charge is 0.492 e. The summed E-state index contributed by atoms with van der Waals surface area (Å²) in [5.74, 6) is -0.267. The van der Waals surface area contributed by atoms with E-state index < -0.39 is 18.4 Å². The number of carbonyl (C=O) groups excluding carboxylic acids is 1. The van der Waals surface area contributed by atoms with Crippen molar-refractivity contribution in [3.05, 3.63) is 59.7 Å². The van der Waals surface area contributed by atoms with Crippen molar-refractivity contribution in [2.75, 3.05) is 6.61 Å². The quantitative estimate of drug-likeness (QED) is 0.647. The molecule has 1 unspecified atom stereocenters. The summed E-state index contributed by atoms with van der Waals surface area (Å²) >= 11 is 0. The van der Waals surface area contributed by atoms with Gasteiger partial charge in [0.2, 0.25) is 5.91 Å². The van der Waals surface area contributed by atoms with Gasteiger partial charge >= 0.3 is 6.36 Å². The normalized spacial score (nSPS) is 13.5. The highest BCUT2D eigenvalue weighted by molar-refractivity contribution is 5.87. The molecule has 9 heteroatoms. The number of hydrogen-bond donors (Lipinski definition) is 2. The third kappa shape index (κ3) is 5.16. The first-order chi connectivity index (χ1) is 14.7. The van der Waals surface area contributed by atoms with Gasteiger partial charge in [0.15, 0.2) is 0 Å². The van der Waals surface area contributed by atoms with Crippen molar-refractivity contribution in [3.63, 3.8) is 0 Å². The number of aliphatic hydroxyl groups excluding tert-OH is 1. The van der Waals surface area contributed by atoms with E-state index in [2.05, 4.69) is 16.6 Å². The number of fused-ring (bicyclic) bond motifs is 1. The first-order valence-corrected chi connectivity index (χ1v) is 9.36. The summed E-state index contributed by atoms with van der Waals surface area (Å²) in [4.78, 5) is 11.7. The highest BCUT2D eigenvalue weighted by Crippen LogP contribution is 2.43. The molecule has 2 aromatic rings. The number of nitriles is 1. The zero-order chi connectivity index (χ0) is 22.6. The van der Waals surface area contributed by atoms with Crippen LogP contribution < -0.4 is 14.8 Å². The number of benzene rings is 2. The Morgan fingerprint density at radius 2 is 2.10 bits per heavy atom. The summed E-state index contributed by atoms with van der Waals surface area (Å²) in [5.41, 5.74) is 2.97. The number of rotatable bonds is 7. The molecule has 0 aromatic heterocycles. The Labute approximate surface area is 176 Å². The molecule has 1 aliphatic rings. The lowest BCUT2D eigenvalue weighted by atomic mass is 9.88. The number of alkyl halides is 3. The van der Waals surface area contributed by atoms with E-state index in [-0.39, 0.29) is 18.7 Å². The van der Waals surface area contributed by atoms with Gasteiger partial charge in [0.25, 0.3) is 0 Å². The molecule has 1 atom stereocenters. The van der Waals surface area contributed by atoms with Gasteiger partial charge in [-0.05, 0) is 41.0 Å². The molecule has 31 heavy (non-hydrogen) atoms. The van der Waals surface area contributed by atoms with E-state index in [4.69, 9.17) is 10.00 Å². The minimum Gasteiger partial charge on any atom is -0.492 e. The van der Waals surface area contributed by atoms with E-state index in [1.54, 1.807) is 6.07 Å². The van der Waals surface area contributed by atoms with E-state index in [0.717, 1.165) is 6.08 Å². The molecular weight excluding hydrogens is 413 g/mol. The molecule has 0 saturated heterocycles. The number of aliphatic hydroxyl groups is 1. The first-order valence-electron chi connectivity index (χ1n) is 9.36. The summed E-state index contributed by atoms with van der Waals surface area (Å²) in [7, 11) is 0. The highest BCUT2D eigenvalue weighted by atomic mass is 19.4. The van der Waals surface area contributed by atoms with E-state index >= 15 is 0 Å². The van der Waals surface area contributed by atoms with Crippen LogP contribution in [0.3, 0.4) is 0 Å². The zero-order valence-corrected chi connectivity index (χ0v) is 16.3. The molecule has 6 nitrogen and oxygen atoms in total. The number of amides is 1. The fourth-order valence-electron chi connectivity index (χ4n) is 3.52. The molecule has 0 aliphatic carbocycles. The average Bonchev–Trinajstić information content (AvgIpc) is 3.20. The third-order valence-electron chi connectivity index (χ3n) is 4.76. The summed E-state index contributed by atoms with van der Waals surface area (Å²) in [6.45, 7) is 3.82. The molecule has 3 rings (SSSR count). The summed E-state index contributed by atoms with van der Waals surface area (Å²) in [6.07, 6.45) is -4.41. The summed E-state index contributed by atoms with van der Waals surface area (Å²) in [6, 6.07) is 8.96. The monoisotopic (exact) mass is 432 g/mol. The van der Waals surface area contributed by atoms with Crippen LogP contribution in [0.15, 0.2) is 43.0 Å². The second-order valence-electron chi connectivity index (χ2n) is 6.78. The lowest BCUT2D eigenvalue weighted by Crippen LogP contribution is -2.22. The maximum atomic E-state index is 12.4. The lowest BCUT2D eigenvalue weighted by Gasteiger charge is -2.20. The Kier molecular flexibility index (Phi) is 6.51. The van der Waals surface area contributed by atoms with Crippen LogP contribution in [-0.4, -0.2) is 24.0 Å². The van der Waals surface area contributed by atoms with Gasteiger partial charge < -0.3 is 19.9 Å². The van der Waals surface area contributed by atoms with Gasteiger partial charge in [-0.1, -0.05) is 18.7 Å². The molecule has 2 N–H and O–H groups in total. The minimum atomic E-state index is -4.79. The molecule has 1 aliphatic heterocycles. The Balaban J connectivity index is 2.07. The average molecular weight is 432 g/mol. The second-order valence-corrected chi connectivity index (χ2v) is 6.78. The third-order valence-corrected chi connectivity index (χ3v) is 4.76.